The van der Waals surface area contributed by atoms with Crippen LogP contribution >= 0.6 is 0 Å². The molecule has 0 bridgehead atoms. The molecule has 0 radical (unpaired) electrons. The minimum Gasteiger partial charge on any atom is -0.260 e. The van der Waals surface area contributed by atoms with E-state index in [0.717, 1.165) is 42.6 Å². The molecule has 2 unspecified atom stereocenters. The molecule has 2 aliphatic rings. The van der Waals surface area contributed by atoms with E-state index >= 15 is 0 Å². The quantitative estimate of drug-likeness (QED) is 0.548. The van der Waals surface area contributed by atoms with Crippen LogP contribution in [0.3, 0.4) is 0 Å². The summed E-state index contributed by atoms with van der Waals surface area (Å²) in [6, 6.07) is 11.3. The minimum atomic E-state index is -4.67. The molecule has 1 spiro atoms. The highest BCUT2D eigenvalue weighted by Gasteiger charge is 2.42. The average molecular weight is 347 g/mol. The monoisotopic (exact) mass is 347 g/mol. The first-order chi connectivity index (χ1) is 11.9. The number of para-hydroxylation sites is 1. The van der Waals surface area contributed by atoms with Crippen LogP contribution in [0.5, 0.6) is 0 Å². The van der Waals surface area contributed by atoms with Gasteiger partial charge in [-0.1, -0.05) is 30.7 Å². The van der Waals surface area contributed by atoms with E-state index in [9.17, 15) is 17.6 Å². The second-order valence-electron chi connectivity index (χ2n) is 6.96. The van der Waals surface area contributed by atoms with Crippen LogP contribution in [-0.4, -0.2) is 6.21 Å². The lowest BCUT2D eigenvalue weighted by atomic mass is 9.65. The lowest BCUT2D eigenvalue weighted by molar-refractivity contribution is -0.140. The molecule has 5 heteroatoms. The van der Waals surface area contributed by atoms with Gasteiger partial charge in [0.2, 0.25) is 0 Å². The Morgan fingerprint density at radius 2 is 1.88 bits per heavy atom. The van der Waals surface area contributed by atoms with Crippen LogP contribution in [0.2, 0.25) is 0 Å². The van der Waals surface area contributed by atoms with Gasteiger partial charge in [-0.05, 0) is 54.5 Å². The summed E-state index contributed by atoms with van der Waals surface area (Å²) in [5, 5.41) is 0. The van der Waals surface area contributed by atoms with Gasteiger partial charge >= 0.3 is 6.18 Å². The van der Waals surface area contributed by atoms with Gasteiger partial charge in [0.05, 0.1) is 11.3 Å². The Balaban J connectivity index is 1.69. The van der Waals surface area contributed by atoms with Gasteiger partial charge in [0.15, 0.2) is 0 Å². The van der Waals surface area contributed by atoms with Crippen molar-refractivity contribution in [1.29, 1.82) is 0 Å². The molecular weight excluding hydrogens is 330 g/mol. The molecule has 1 aliphatic heterocycles. The highest BCUT2D eigenvalue weighted by atomic mass is 19.4. The van der Waals surface area contributed by atoms with Crippen molar-refractivity contribution in [1.82, 2.24) is 0 Å². The molecule has 1 fully saturated rings. The third kappa shape index (κ3) is 2.75. The fraction of sp³-hybridized carbons (Fsp3) is 0.350. The average Bonchev–Trinajstić information content (AvgIpc) is 2.93. The summed E-state index contributed by atoms with van der Waals surface area (Å²) < 4.78 is 52.7. The molecular formula is C20H17F4N. The summed E-state index contributed by atoms with van der Waals surface area (Å²) in [6.07, 6.45) is 0.643. The summed E-state index contributed by atoms with van der Waals surface area (Å²) in [5.41, 5.74) is 1.26. The fourth-order valence-corrected chi connectivity index (χ4v) is 4.24. The highest BCUT2D eigenvalue weighted by Crippen LogP contribution is 2.50. The molecule has 0 N–H and O–H groups in total. The number of hydrogen-bond acceptors (Lipinski definition) is 1. The van der Waals surface area contributed by atoms with E-state index in [1.54, 1.807) is 0 Å². The normalized spacial score (nSPS) is 25.4. The van der Waals surface area contributed by atoms with Gasteiger partial charge in [-0.25, -0.2) is 4.39 Å². The Labute approximate surface area is 143 Å². The molecule has 2 aromatic rings. The zero-order valence-corrected chi connectivity index (χ0v) is 13.5. The Bertz CT molecular complexity index is 840. The molecule has 2 atom stereocenters. The first-order valence-corrected chi connectivity index (χ1v) is 8.40. The standard InChI is InChI=1S/C20H17F4N/c21-17-8-7-13(10-16(17)20(22,23)24)14-4-3-9-19(11-14)12-25-18-6-2-1-5-15(18)19/h1-2,5-8,10,12,14H,3-4,9,11H2. The Morgan fingerprint density at radius 3 is 2.68 bits per heavy atom. The largest absolute Gasteiger partial charge is 0.419 e. The number of hydrogen-bond donors (Lipinski definition) is 0. The van der Waals surface area contributed by atoms with E-state index in [2.05, 4.69) is 11.1 Å². The molecule has 130 valence electrons. The van der Waals surface area contributed by atoms with Gasteiger partial charge in [-0.15, -0.1) is 0 Å². The number of fused-ring (bicyclic) bond motifs is 2. The Morgan fingerprint density at radius 1 is 1.08 bits per heavy atom. The maximum absolute atomic E-state index is 13.6. The molecule has 25 heavy (non-hydrogen) atoms. The highest BCUT2D eigenvalue weighted by molar-refractivity contribution is 5.85. The first-order valence-electron chi connectivity index (χ1n) is 8.40. The van der Waals surface area contributed by atoms with Crippen LogP contribution in [-0.2, 0) is 11.6 Å². The van der Waals surface area contributed by atoms with Gasteiger partial charge in [0.25, 0.3) is 0 Å². The maximum Gasteiger partial charge on any atom is 0.419 e. The predicted octanol–water partition coefficient (Wildman–Crippen LogP) is 6.16. The van der Waals surface area contributed by atoms with E-state index in [-0.39, 0.29) is 11.3 Å². The van der Waals surface area contributed by atoms with Gasteiger partial charge in [-0.3, -0.25) is 4.99 Å². The second-order valence-corrected chi connectivity index (χ2v) is 6.96. The zero-order valence-electron chi connectivity index (χ0n) is 13.5. The van der Waals surface area contributed by atoms with Gasteiger partial charge in [-0.2, -0.15) is 13.2 Å². The summed E-state index contributed by atoms with van der Waals surface area (Å²) in [5.74, 6) is -1.25. The fourth-order valence-electron chi connectivity index (χ4n) is 4.24. The van der Waals surface area contributed by atoms with Crippen molar-refractivity contribution in [2.75, 3.05) is 0 Å². The third-order valence-electron chi connectivity index (χ3n) is 5.44. The predicted molar refractivity (Wildman–Crippen MR) is 88.9 cm³/mol. The van der Waals surface area contributed by atoms with E-state index in [0.29, 0.717) is 12.0 Å². The summed E-state index contributed by atoms with van der Waals surface area (Å²) in [4.78, 5) is 4.51. The summed E-state index contributed by atoms with van der Waals surface area (Å²) in [6.45, 7) is 0. The lowest BCUT2D eigenvalue weighted by Gasteiger charge is -2.37. The lowest BCUT2D eigenvalue weighted by Crippen LogP contribution is -2.32. The molecule has 1 nitrogen and oxygen atoms in total. The van der Waals surface area contributed by atoms with Gasteiger partial charge < -0.3 is 0 Å². The van der Waals surface area contributed by atoms with Crippen LogP contribution in [0.15, 0.2) is 47.5 Å². The molecule has 2 aromatic carbocycles. The molecule has 0 aromatic heterocycles. The zero-order chi connectivity index (χ0) is 17.7. The molecule has 4 rings (SSSR count). The van der Waals surface area contributed by atoms with Crippen LogP contribution < -0.4 is 0 Å². The van der Waals surface area contributed by atoms with E-state index < -0.39 is 17.6 Å². The van der Waals surface area contributed by atoms with Crippen molar-refractivity contribution in [3.8, 4) is 0 Å². The van der Waals surface area contributed by atoms with E-state index in [1.165, 1.54) is 6.07 Å². The molecule has 0 saturated heterocycles. The third-order valence-corrected chi connectivity index (χ3v) is 5.44. The van der Waals surface area contributed by atoms with E-state index in [1.807, 2.05) is 24.4 Å². The number of aliphatic imine (C=N–C) groups is 1. The van der Waals surface area contributed by atoms with Crippen LogP contribution in [0.1, 0.15) is 48.3 Å². The van der Waals surface area contributed by atoms with Crippen molar-refractivity contribution >= 4 is 11.9 Å². The van der Waals surface area contributed by atoms with Crippen LogP contribution in [0.4, 0.5) is 23.2 Å². The van der Waals surface area contributed by atoms with Crippen molar-refractivity contribution in [3.63, 3.8) is 0 Å². The molecule has 0 amide bonds. The summed E-state index contributed by atoms with van der Waals surface area (Å²) >= 11 is 0. The number of halogens is 4. The number of benzene rings is 2. The van der Waals surface area contributed by atoms with Crippen molar-refractivity contribution in [2.24, 2.45) is 4.99 Å². The van der Waals surface area contributed by atoms with Crippen molar-refractivity contribution in [3.05, 3.63) is 65.0 Å². The molecule has 1 saturated carbocycles. The number of rotatable bonds is 1. The van der Waals surface area contributed by atoms with Crippen LogP contribution in [0, 0.1) is 5.82 Å². The van der Waals surface area contributed by atoms with E-state index in [4.69, 9.17) is 0 Å². The number of nitrogens with zero attached hydrogens (tertiary/aromatic N) is 1. The smallest absolute Gasteiger partial charge is 0.260 e. The van der Waals surface area contributed by atoms with Crippen molar-refractivity contribution < 1.29 is 17.6 Å². The van der Waals surface area contributed by atoms with Crippen molar-refractivity contribution in [2.45, 2.75) is 43.2 Å². The summed E-state index contributed by atoms with van der Waals surface area (Å²) in [7, 11) is 0. The van der Waals surface area contributed by atoms with Crippen LogP contribution in [0.25, 0.3) is 0 Å². The first kappa shape index (κ1) is 16.3. The van der Waals surface area contributed by atoms with Gasteiger partial charge in [0, 0.05) is 11.6 Å². The Kier molecular flexibility index (Phi) is 3.71. The second kappa shape index (κ2) is 5.68. The minimum absolute atomic E-state index is 0.0342. The van der Waals surface area contributed by atoms with Gasteiger partial charge in [0.1, 0.15) is 5.82 Å². The SMILES string of the molecule is Fc1ccc(C2CCCC3(C=Nc4ccccc43)C2)cc1C(F)(F)F. The molecule has 1 aliphatic carbocycles. The number of alkyl halides is 3. The Hall–Kier alpha value is -2.17. The maximum atomic E-state index is 13.6. The topological polar surface area (TPSA) is 12.4 Å². The molecule has 1 heterocycles.